The Labute approximate surface area is 122 Å². The molecule has 2 amide bonds. The van der Waals surface area contributed by atoms with E-state index in [2.05, 4.69) is 10.6 Å². The third-order valence-electron chi connectivity index (χ3n) is 2.41. The minimum absolute atomic E-state index is 0.252. The molecule has 0 fully saturated rings. The summed E-state index contributed by atoms with van der Waals surface area (Å²) in [5.74, 6) is -1.02. The molecule has 0 saturated carbocycles. The van der Waals surface area contributed by atoms with Crippen LogP contribution in [-0.4, -0.2) is 38.7 Å². The molecule has 0 aliphatic heterocycles. The number of halogens is 1. The Morgan fingerprint density at radius 3 is 2.55 bits per heavy atom. The summed E-state index contributed by atoms with van der Waals surface area (Å²) >= 11 is 5.92. The largest absolute Gasteiger partial charge is 0.495 e. The van der Waals surface area contributed by atoms with Gasteiger partial charge in [0.05, 0.1) is 18.7 Å². The predicted octanol–water partition coefficient (Wildman–Crippen LogP) is 1.44. The van der Waals surface area contributed by atoms with Crippen molar-refractivity contribution in [3.05, 3.63) is 23.2 Å². The first-order chi connectivity index (χ1) is 9.47. The van der Waals surface area contributed by atoms with Crippen LogP contribution in [-0.2, 0) is 14.3 Å². The minimum atomic E-state index is -0.769. The van der Waals surface area contributed by atoms with Crippen molar-refractivity contribution in [2.75, 3.05) is 26.1 Å². The lowest BCUT2D eigenvalue weighted by molar-refractivity contribution is -0.136. The van der Waals surface area contributed by atoms with E-state index in [1.54, 1.807) is 19.1 Å². The summed E-state index contributed by atoms with van der Waals surface area (Å²) in [7, 11) is 3.01. The average molecular weight is 301 g/mol. The maximum absolute atomic E-state index is 11.7. The standard InChI is InChI=1S/C13H17ClN2O4/c1-8(7-19-2)15-12(17)13(18)16-9-4-5-11(20-3)10(14)6-9/h4-6,8H,7H2,1-3H3,(H,15,17)(H,16,18). The van der Waals surface area contributed by atoms with Crippen LogP contribution in [0.15, 0.2) is 18.2 Å². The van der Waals surface area contributed by atoms with Crippen LogP contribution in [0.1, 0.15) is 6.92 Å². The first kappa shape index (κ1) is 16.3. The molecule has 2 N–H and O–H groups in total. The fourth-order valence-corrected chi connectivity index (χ4v) is 1.77. The van der Waals surface area contributed by atoms with Gasteiger partial charge in [-0.05, 0) is 25.1 Å². The molecule has 0 heterocycles. The number of hydrogen-bond donors (Lipinski definition) is 2. The first-order valence-corrected chi connectivity index (χ1v) is 6.30. The maximum Gasteiger partial charge on any atom is 0.313 e. The first-order valence-electron chi connectivity index (χ1n) is 5.92. The van der Waals surface area contributed by atoms with Gasteiger partial charge in [-0.15, -0.1) is 0 Å². The third kappa shape index (κ3) is 4.71. The molecular weight excluding hydrogens is 284 g/mol. The van der Waals surface area contributed by atoms with Crippen LogP contribution in [0.25, 0.3) is 0 Å². The van der Waals surface area contributed by atoms with Crippen molar-refractivity contribution in [2.24, 2.45) is 0 Å². The molecule has 20 heavy (non-hydrogen) atoms. The van der Waals surface area contributed by atoms with Crippen molar-refractivity contribution in [3.63, 3.8) is 0 Å². The molecule has 7 heteroatoms. The monoisotopic (exact) mass is 300 g/mol. The fourth-order valence-electron chi connectivity index (χ4n) is 1.51. The quantitative estimate of drug-likeness (QED) is 0.807. The van der Waals surface area contributed by atoms with Gasteiger partial charge in [-0.3, -0.25) is 9.59 Å². The summed E-state index contributed by atoms with van der Waals surface area (Å²) < 4.78 is 9.86. The predicted molar refractivity (Wildman–Crippen MR) is 76.1 cm³/mol. The Balaban J connectivity index is 2.61. The Morgan fingerprint density at radius 1 is 1.30 bits per heavy atom. The van der Waals surface area contributed by atoms with E-state index in [0.717, 1.165) is 0 Å². The summed E-state index contributed by atoms with van der Waals surface area (Å²) in [6.07, 6.45) is 0. The molecule has 0 spiro atoms. The Bertz CT molecular complexity index is 493. The number of methoxy groups -OCH3 is 2. The van der Waals surface area contributed by atoms with Gasteiger partial charge in [0.1, 0.15) is 5.75 Å². The zero-order valence-corrected chi connectivity index (χ0v) is 12.3. The van der Waals surface area contributed by atoms with Gasteiger partial charge in [0.15, 0.2) is 0 Å². The van der Waals surface area contributed by atoms with Crippen molar-refractivity contribution in [1.29, 1.82) is 0 Å². The van der Waals surface area contributed by atoms with Gasteiger partial charge in [-0.2, -0.15) is 0 Å². The fraction of sp³-hybridized carbons (Fsp3) is 0.385. The van der Waals surface area contributed by atoms with Crippen LogP contribution < -0.4 is 15.4 Å². The van der Waals surface area contributed by atoms with E-state index in [4.69, 9.17) is 21.1 Å². The highest BCUT2D eigenvalue weighted by atomic mass is 35.5. The second-order valence-corrected chi connectivity index (χ2v) is 4.54. The molecule has 0 bridgehead atoms. The average Bonchev–Trinajstić information content (AvgIpc) is 2.39. The maximum atomic E-state index is 11.7. The van der Waals surface area contributed by atoms with Crippen LogP contribution in [0, 0.1) is 0 Å². The number of rotatable bonds is 5. The van der Waals surface area contributed by atoms with E-state index < -0.39 is 11.8 Å². The number of ether oxygens (including phenoxy) is 2. The highest BCUT2D eigenvalue weighted by molar-refractivity contribution is 6.40. The molecule has 6 nitrogen and oxygen atoms in total. The van der Waals surface area contributed by atoms with Crippen LogP contribution >= 0.6 is 11.6 Å². The zero-order valence-electron chi connectivity index (χ0n) is 11.5. The van der Waals surface area contributed by atoms with Gasteiger partial charge in [-0.25, -0.2) is 0 Å². The van der Waals surface area contributed by atoms with E-state index >= 15 is 0 Å². The highest BCUT2D eigenvalue weighted by Crippen LogP contribution is 2.27. The van der Waals surface area contributed by atoms with Crippen molar-refractivity contribution >= 4 is 29.1 Å². The number of hydrogen-bond acceptors (Lipinski definition) is 4. The molecule has 110 valence electrons. The van der Waals surface area contributed by atoms with Gasteiger partial charge in [0, 0.05) is 18.8 Å². The van der Waals surface area contributed by atoms with Crippen LogP contribution in [0.4, 0.5) is 5.69 Å². The van der Waals surface area contributed by atoms with Crippen molar-refractivity contribution in [2.45, 2.75) is 13.0 Å². The molecule has 1 atom stereocenters. The van der Waals surface area contributed by atoms with E-state index in [0.29, 0.717) is 23.1 Å². The number of nitrogens with one attached hydrogen (secondary N) is 2. The van der Waals surface area contributed by atoms with Gasteiger partial charge in [0.25, 0.3) is 0 Å². The van der Waals surface area contributed by atoms with Crippen LogP contribution in [0.2, 0.25) is 5.02 Å². The second-order valence-electron chi connectivity index (χ2n) is 4.13. The van der Waals surface area contributed by atoms with Crippen molar-refractivity contribution in [3.8, 4) is 5.75 Å². The zero-order chi connectivity index (χ0) is 15.1. The van der Waals surface area contributed by atoms with E-state index in [-0.39, 0.29) is 6.04 Å². The van der Waals surface area contributed by atoms with Gasteiger partial charge < -0.3 is 20.1 Å². The van der Waals surface area contributed by atoms with Gasteiger partial charge in [0.2, 0.25) is 0 Å². The molecule has 0 aliphatic rings. The van der Waals surface area contributed by atoms with E-state index in [1.165, 1.54) is 20.3 Å². The number of carbonyl (C=O) groups excluding carboxylic acids is 2. The molecule has 1 unspecified atom stereocenters. The highest BCUT2D eigenvalue weighted by Gasteiger charge is 2.16. The summed E-state index contributed by atoms with van der Waals surface area (Å²) in [5.41, 5.74) is 0.412. The molecule has 0 aromatic heterocycles. The SMILES string of the molecule is COCC(C)NC(=O)C(=O)Nc1ccc(OC)c(Cl)c1. The van der Waals surface area contributed by atoms with Crippen LogP contribution in [0.3, 0.4) is 0 Å². The molecule has 1 aromatic carbocycles. The molecule has 0 saturated heterocycles. The lowest BCUT2D eigenvalue weighted by atomic mass is 10.3. The number of benzene rings is 1. The summed E-state index contributed by atoms with van der Waals surface area (Å²) in [6, 6.07) is 4.44. The Kier molecular flexibility index (Phi) is 6.27. The number of carbonyl (C=O) groups is 2. The molecule has 1 aromatic rings. The minimum Gasteiger partial charge on any atom is -0.495 e. The summed E-state index contributed by atoms with van der Waals surface area (Å²) in [4.78, 5) is 23.3. The lowest BCUT2D eigenvalue weighted by Gasteiger charge is -2.12. The number of amides is 2. The third-order valence-corrected chi connectivity index (χ3v) is 2.71. The summed E-state index contributed by atoms with van der Waals surface area (Å²) in [5, 5.41) is 5.30. The molecule has 0 radical (unpaired) electrons. The number of anilines is 1. The topological polar surface area (TPSA) is 76.7 Å². The van der Waals surface area contributed by atoms with Crippen LogP contribution in [0.5, 0.6) is 5.75 Å². The normalized spacial score (nSPS) is 11.6. The van der Waals surface area contributed by atoms with E-state index in [1.807, 2.05) is 0 Å². The van der Waals surface area contributed by atoms with Gasteiger partial charge in [-0.1, -0.05) is 11.6 Å². The van der Waals surface area contributed by atoms with Crippen molar-refractivity contribution in [1.82, 2.24) is 5.32 Å². The van der Waals surface area contributed by atoms with E-state index in [9.17, 15) is 9.59 Å². The Morgan fingerprint density at radius 2 is 2.00 bits per heavy atom. The molecular formula is C13H17ClN2O4. The van der Waals surface area contributed by atoms with Crippen molar-refractivity contribution < 1.29 is 19.1 Å². The lowest BCUT2D eigenvalue weighted by Crippen LogP contribution is -2.42. The molecule has 1 rings (SSSR count). The Hall–Kier alpha value is -1.79. The second kappa shape index (κ2) is 7.72. The molecule has 0 aliphatic carbocycles. The smallest absolute Gasteiger partial charge is 0.313 e. The summed E-state index contributed by atoms with van der Waals surface area (Å²) in [6.45, 7) is 2.06. The van der Waals surface area contributed by atoms with Gasteiger partial charge >= 0.3 is 11.8 Å².